The van der Waals surface area contributed by atoms with Crippen LogP contribution in [0.15, 0.2) is 18.7 Å². The molecule has 1 aliphatic heterocycles. The first-order valence-corrected chi connectivity index (χ1v) is 4.26. The Kier molecular flexibility index (Phi) is 1.64. The summed E-state index contributed by atoms with van der Waals surface area (Å²) in [6.45, 7) is 3.82. The zero-order valence-corrected chi connectivity index (χ0v) is 8.48. The highest BCUT2D eigenvalue weighted by molar-refractivity contribution is 6.00. The molecule has 1 aromatic heterocycles. The highest BCUT2D eigenvalue weighted by Crippen LogP contribution is 2.27. The van der Waals surface area contributed by atoms with Crippen molar-refractivity contribution in [3.63, 3.8) is 0 Å². The molecule has 0 aliphatic carbocycles. The molecule has 0 unspecified atom stereocenters. The summed E-state index contributed by atoms with van der Waals surface area (Å²) in [6.07, 6.45) is 1.63. The number of aryl methyl sites for hydroxylation is 1. The first-order chi connectivity index (χ1) is 6.54. The Morgan fingerprint density at radius 1 is 1.29 bits per heavy atom. The summed E-state index contributed by atoms with van der Waals surface area (Å²) in [4.78, 5) is 19.3. The van der Waals surface area contributed by atoms with Crippen molar-refractivity contribution >= 4 is 11.7 Å². The molecular weight excluding hydrogens is 180 g/mol. The molecule has 0 saturated carbocycles. The zero-order chi connectivity index (χ0) is 10.5. The van der Waals surface area contributed by atoms with Gasteiger partial charge in [0.15, 0.2) is 11.5 Å². The van der Waals surface area contributed by atoms with Crippen LogP contribution in [0.5, 0.6) is 0 Å². The number of nitrogens with zero attached hydrogens (tertiary/aromatic N) is 4. The maximum Gasteiger partial charge on any atom is 0.279 e. The lowest BCUT2D eigenvalue weighted by Crippen LogP contribution is -2.40. The molecule has 0 fully saturated rings. The monoisotopic (exact) mass is 192 g/mol. The SMILES string of the molecule is C=C1N(C)C(=O)c2c(ncn2C)N1C. The van der Waals surface area contributed by atoms with Gasteiger partial charge in [-0.05, 0) is 0 Å². The van der Waals surface area contributed by atoms with Crippen molar-refractivity contribution in [1.82, 2.24) is 14.5 Å². The number of anilines is 1. The summed E-state index contributed by atoms with van der Waals surface area (Å²) in [5.74, 6) is 1.24. The summed E-state index contributed by atoms with van der Waals surface area (Å²) in [6, 6.07) is 0. The van der Waals surface area contributed by atoms with Crippen molar-refractivity contribution in [2.75, 3.05) is 19.0 Å². The van der Waals surface area contributed by atoms with Crippen LogP contribution in [-0.4, -0.2) is 34.5 Å². The molecule has 74 valence electrons. The molecule has 0 radical (unpaired) electrons. The molecule has 1 aromatic rings. The first kappa shape index (κ1) is 8.80. The average molecular weight is 192 g/mol. The second-order valence-electron chi connectivity index (χ2n) is 3.37. The number of carbonyl (C=O) groups excluding carboxylic acids is 1. The molecule has 5 nitrogen and oxygen atoms in total. The molecule has 0 saturated heterocycles. The minimum atomic E-state index is -0.0666. The maximum absolute atomic E-state index is 11.8. The van der Waals surface area contributed by atoms with Crippen LogP contribution in [0.3, 0.4) is 0 Å². The number of hydrogen-bond acceptors (Lipinski definition) is 3. The van der Waals surface area contributed by atoms with E-state index in [-0.39, 0.29) is 5.91 Å². The van der Waals surface area contributed by atoms with Crippen LogP contribution >= 0.6 is 0 Å². The van der Waals surface area contributed by atoms with Crippen molar-refractivity contribution in [3.8, 4) is 0 Å². The van der Waals surface area contributed by atoms with E-state index in [2.05, 4.69) is 11.6 Å². The van der Waals surface area contributed by atoms with Gasteiger partial charge >= 0.3 is 0 Å². The van der Waals surface area contributed by atoms with Crippen molar-refractivity contribution in [2.24, 2.45) is 7.05 Å². The van der Waals surface area contributed by atoms with E-state index in [1.807, 2.05) is 7.05 Å². The highest BCUT2D eigenvalue weighted by Gasteiger charge is 2.31. The van der Waals surface area contributed by atoms with Crippen LogP contribution in [-0.2, 0) is 7.05 Å². The van der Waals surface area contributed by atoms with Gasteiger partial charge in [0.1, 0.15) is 5.82 Å². The Bertz CT molecular complexity index is 420. The largest absolute Gasteiger partial charge is 0.328 e. The summed E-state index contributed by atoms with van der Waals surface area (Å²) in [7, 11) is 5.35. The van der Waals surface area contributed by atoms with Crippen molar-refractivity contribution < 1.29 is 4.79 Å². The fourth-order valence-electron chi connectivity index (χ4n) is 1.53. The third kappa shape index (κ3) is 0.891. The fourth-order valence-corrected chi connectivity index (χ4v) is 1.53. The van der Waals surface area contributed by atoms with Crippen molar-refractivity contribution in [3.05, 3.63) is 24.4 Å². The number of carbonyl (C=O) groups is 1. The standard InChI is InChI=1S/C9H12N4O/c1-6-12(3)8-7(9(14)13(6)4)11(2)5-10-8/h5H,1H2,2-4H3. The van der Waals surface area contributed by atoms with E-state index in [0.29, 0.717) is 17.3 Å². The van der Waals surface area contributed by atoms with Gasteiger partial charge in [0, 0.05) is 21.1 Å². The predicted octanol–water partition coefficient (Wildman–Crippen LogP) is 0.413. The summed E-state index contributed by atoms with van der Waals surface area (Å²) in [5, 5.41) is 0. The van der Waals surface area contributed by atoms with Crippen molar-refractivity contribution in [2.45, 2.75) is 0 Å². The number of aromatic nitrogens is 2. The summed E-state index contributed by atoms with van der Waals surface area (Å²) >= 11 is 0. The molecule has 0 N–H and O–H groups in total. The fraction of sp³-hybridized carbons (Fsp3) is 0.333. The maximum atomic E-state index is 11.8. The molecule has 1 amide bonds. The molecule has 0 atom stereocenters. The molecule has 2 heterocycles. The number of rotatable bonds is 0. The lowest BCUT2D eigenvalue weighted by molar-refractivity contribution is 0.0817. The van der Waals surface area contributed by atoms with Crippen LogP contribution in [0, 0.1) is 0 Å². The molecule has 0 aromatic carbocycles. The molecule has 0 bridgehead atoms. The van der Waals surface area contributed by atoms with Gasteiger partial charge in [-0.15, -0.1) is 0 Å². The summed E-state index contributed by atoms with van der Waals surface area (Å²) in [5.41, 5.74) is 0.599. The third-order valence-corrected chi connectivity index (χ3v) is 2.52. The normalized spacial score (nSPS) is 16.2. The number of imidazole rings is 1. The Balaban J connectivity index is 2.64. The lowest BCUT2D eigenvalue weighted by atomic mass is 10.3. The van der Waals surface area contributed by atoms with Gasteiger partial charge in [0.25, 0.3) is 5.91 Å². The number of fused-ring (bicyclic) bond motifs is 1. The molecule has 14 heavy (non-hydrogen) atoms. The van der Waals surface area contributed by atoms with Gasteiger partial charge in [-0.25, -0.2) is 4.98 Å². The van der Waals surface area contributed by atoms with E-state index in [0.717, 1.165) is 0 Å². The third-order valence-electron chi connectivity index (χ3n) is 2.52. The van der Waals surface area contributed by atoms with Crippen LogP contribution in [0.4, 0.5) is 5.82 Å². The molecule has 0 spiro atoms. The van der Waals surface area contributed by atoms with E-state index in [9.17, 15) is 4.79 Å². The van der Waals surface area contributed by atoms with E-state index in [1.165, 1.54) is 4.90 Å². The molecule has 2 rings (SSSR count). The minimum Gasteiger partial charge on any atom is -0.328 e. The Morgan fingerprint density at radius 3 is 2.57 bits per heavy atom. The molecule has 1 aliphatic rings. The second kappa shape index (κ2) is 2.60. The topological polar surface area (TPSA) is 41.4 Å². The first-order valence-electron chi connectivity index (χ1n) is 4.26. The smallest absolute Gasteiger partial charge is 0.279 e. The Hall–Kier alpha value is -1.78. The van der Waals surface area contributed by atoms with Crippen LogP contribution < -0.4 is 4.90 Å². The number of hydrogen-bond donors (Lipinski definition) is 0. The predicted molar refractivity (Wildman–Crippen MR) is 52.8 cm³/mol. The summed E-state index contributed by atoms with van der Waals surface area (Å²) < 4.78 is 1.72. The van der Waals surface area contributed by atoms with E-state index >= 15 is 0 Å². The highest BCUT2D eigenvalue weighted by atomic mass is 16.2. The van der Waals surface area contributed by atoms with Gasteiger partial charge in [-0.2, -0.15) is 0 Å². The van der Waals surface area contributed by atoms with Gasteiger partial charge in [-0.1, -0.05) is 6.58 Å². The van der Waals surface area contributed by atoms with Crippen LogP contribution in [0.2, 0.25) is 0 Å². The zero-order valence-electron chi connectivity index (χ0n) is 8.48. The van der Waals surface area contributed by atoms with E-state index in [1.54, 1.807) is 29.9 Å². The average Bonchev–Trinajstić information content (AvgIpc) is 2.54. The molecular formula is C9H12N4O. The minimum absolute atomic E-state index is 0.0666. The number of amides is 1. The van der Waals surface area contributed by atoms with Gasteiger partial charge in [0.05, 0.1) is 6.33 Å². The lowest BCUT2D eigenvalue weighted by Gasteiger charge is -2.32. The molecule has 5 heteroatoms. The second-order valence-corrected chi connectivity index (χ2v) is 3.37. The van der Waals surface area contributed by atoms with Gasteiger partial charge in [0.2, 0.25) is 0 Å². The Morgan fingerprint density at radius 2 is 1.93 bits per heavy atom. The van der Waals surface area contributed by atoms with Crippen molar-refractivity contribution in [1.29, 1.82) is 0 Å². The quantitative estimate of drug-likeness (QED) is 0.598. The van der Waals surface area contributed by atoms with Gasteiger partial charge in [-0.3, -0.25) is 9.69 Å². The van der Waals surface area contributed by atoms with Crippen LogP contribution in [0.25, 0.3) is 0 Å². The van der Waals surface area contributed by atoms with Crippen LogP contribution in [0.1, 0.15) is 10.5 Å². The van der Waals surface area contributed by atoms with Gasteiger partial charge < -0.3 is 9.47 Å². The Labute approximate surface area is 82.2 Å². The van der Waals surface area contributed by atoms with E-state index in [4.69, 9.17) is 0 Å². The van der Waals surface area contributed by atoms with E-state index < -0.39 is 0 Å².